The van der Waals surface area contributed by atoms with E-state index in [4.69, 9.17) is 0 Å². The van der Waals surface area contributed by atoms with Crippen molar-refractivity contribution in [1.29, 1.82) is 10.5 Å². The number of hydrogen-bond donors (Lipinski definition) is 0. The maximum absolute atomic E-state index is 9.49. The lowest BCUT2D eigenvalue weighted by atomic mass is 10.1. The van der Waals surface area contributed by atoms with Crippen LogP contribution in [0.4, 0.5) is 0 Å². The van der Waals surface area contributed by atoms with Crippen LogP contribution in [0, 0.1) is 22.7 Å². The van der Waals surface area contributed by atoms with Crippen LogP contribution in [0.15, 0.2) is 64.9 Å². The van der Waals surface area contributed by atoms with Gasteiger partial charge < -0.3 is 0 Å². The van der Waals surface area contributed by atoms with Crippen molar-refractivity contribution in [2.75, 3.05) is 0 Å². The minimum absolute atomic E-state index is 0.267. The Labute approximate surface area is 166 Å². The van der Waals surface area contributed by atoms with Crippen molar-refractivity contribution < 1.29 is 0 Å². The maximum Gasteiger partial charge on any atom is 0.103 e. The molecule has 28 heavy (non-hydrogen) atoms. The first-order valence-corrected chi connectivity index (χ1v) is 9.55. The number of nitriles is 2. The first kappa shape index (κ1) is 17.8. The lowest BCUT2D eigenvalue weighted by Gasteiger charge is -2.09. The van der Waals surface area contributed by atoms with E-state index < -0.39 is 0 Å². The summed E-state index contributed by atoms with van der Waals surface area (Å²) in [7, 11) is 0. The van der Waals surface area contributed by atoms with Gasteiger partial charge in [-0.1, -0.05) is 23.9 Å². The van der Waals surface area contributed by atoms with Crippen LogP contribution in [0.2, 0.25) is 0 Å². The largest absolute Gasteiger partial charge is 0.270 e. The van der Waals surface area contributed by atoms with Crippen molar-refractivity contribution in [3.8, 4) is 23.3 Å². The number of aromatic nitrogens is 4. The van der Waals surface area contributed by atoms with Crippen LogP contribution >= 0.6 is 11.8 Å². The van der Waals surface area contributed by atoms with Crippen LogP contribution in [0.5, 0.6) is 0 Å². The Morgan fingerprint density at radius 3 is 2.43 bits per heavy atom. The van der Waals surface area contributed by atoms with Crippen LogP contribution in [-0.4, -0.2) is 19.4 Å². The summed E-state index contributed by atoms with van der Waals surface area (Å²) in [6.07, 6.45) is 7.29. The Morgan fingerprint density at radius 1 is 0.929 bits per heavy atom. The molecule has 0 fully saturated rings. The average Bonchev–Trinajstić information content (AvgIpc) is 3.35. The quantitative estimate of drug-likeness (QED) is 0.510. The molecule has 0 spiro atoms. The number of rotatable bonds is 4. The Kier molecular flexibility index (Phi) is 4.60. The van der Waals surface area contributed by atoms with Crippen molar-refractivity contribution >= 4 is 17.3 Å². The van der Waals surface area contributed by atoms with Gasteiger partial charge in [0.15, 0.2) is 0 Å². The molecule has 7 heteroatoms. The van der Waals surface area contributed by atoms with Crippen molar-refractivity contribution in [1.82, 2.24) is 19.4 Å². The summed E-state index contributed by atoms with van der Waals surface area (Å²) in [5.41, 5.74) is 3.76. The second kappa shape index (κ2) is 7.22. The Balaban J connectivity index is 1.89. The molecule has 136 valence electrons. The van der Waals surface area contributed by atoms with Gasteiger partial charge in [-0.2, -0.15) is 20.7 Å². The normalized spacial score (nSPS) is 10.9. The van der Waals surface area contributed by atoms with Gasteiger partial charge in [-0.15, -0.1) is 0 Å². The predicted octanol–water partition coefficient (Wildman–Crippen LogP) is 4.67. The molecular weight excluding hydrogens is 368 g/mol. The van der Waals surface area contributed by atoms with Gasteiger partial charge in [-0.05, 0) is 32.0 Å². The predicted molar refractivity (Wildman–Crippen MR) is 107 cm³/mol. The zero-order chi connectivity index (χ0) is 19.7. The first-order valence-electron chi connectivity index (χ1n) is 8.73. The molecular formula is C21H16N6S. The van der Waals surface area contributed by atoms with Gasteiger partial charge in [0.05, 0.1) is 29.0 Å². The Hall–Kier alpha value is -3.55. The molecule has 3 heterocycles. The summed E-state index contributed by atoms with van der Waals surface area (Å²) in [6.45, 7) is 4.15. The third-order valence-corrected chi connectivity index (χ3v) is 5.50. The van der Waals surface area contributed by atoms with Crippen LogP contribution in [0.3, 0.4) is 0 Å². The highest BCUT2D eigenvalue weighted by atomic mass is 32.2. The Morgan fingerprint density at radius 2 is 1.71 bits per heavy atom. The second-order valence-electron chi connectivity index (χ2n) is 6.57. The van der Waals surface area contributed by atoms with E-state index in [1.165, 1.54) is 11.8 Å². The fraction of sp³-hybridized carbons (Fsp3) is 0.143. The van der Waals surface area contributed by atoms with Gasteiger partial charge in [0.2, 0.25) is 0 Å². The van der Waals surface area contributed by atoms with E-state index in [9.17, 15) is 10.5 Å². The minimum atomic E-state index is 0.267. The van der Waals surface area contributed by atoms with E-state index in [2.05, 4.69) is 36.2 Å². The van der Waals surface area contributed by atoms with Crippen molar-refractivity contribution in [2.45, 2.75) is 29.7 Å². The van der Waals surface area contributed by atoms with Gasteiger partial charge in [0.25, 0.3) is 0 Å². The Bertz CT molecular complexity index is 1250. The van der Waals surface area contributed by atoms with E-state index >= 15 is 0 Å². The lowest BCUT2D eigenvalue weighted by molar-refractivity contribution is 0.532. The van der Waals surface area contributed by atoms with Gasteiger partial charge in [0.1, 0.15) is 12.1 Å². The van der Waals surface area contributed by atoms with Gasteiger partial charge in [-0.3, -0.25) is 4.68 Å². The minimum Gasteiger partial charge on any atom is -0.270 e. The van der Waals surface area contributed by atoms with Crippen LogP contribution in [0.25, 0.3) is 16.6 Å². The zero-order valence-electron chi connectivity index (χ0n) is 15.4. The molecule has 0 saturated heterocycles. The van der Waals surface area contributed by atoms with Crippen molar-refractivity contribution in [3.63, 3.8) is 0 Å². The monoisotopic (exact) mass is 384 g/mol. The number of fused-ring (bicyclic) bond motifs is 1. The number of hydrogen-bond acceptors (Lipinski definition) is 5. The fourth-order valence-electron chi connectivity index (χ4n) is 2.94. The van der Waals surface area contributed by atoms with E-state index in [-0.39, 0.29) is 6.04 Å². The molecule has 1 aromatic carbocycles. The van der Waals surface area contributed by atoms with Crippen LogP contribution in [0.1, 0.15) is 31.0 Å². The van der Waals surface area contributed by atoms with Crippen LogP contribution in [-0.2, 0) is 0 Å². The molecule has 4 rings (SSSR count). The van der Waals surface area contributed by atoms with Gasteiger partial charge in [0, 0.05) is 39.4 Å². The average molecular weight is 384 g/mol. The molecule has 0 aliphatic heterocycles. The fourth-order valence-corrected chi connectivity index (χ4v) is 4.03. The zero-order valence-corrected chi connectivity index (χ0v) is 16.2. The lowest BCUT2D eigenvalue weighted by Crippen LogP contribution is -1.99. The molecule has 0 amide bonds. The third kappa shape index (κ3) is 3.13. The standard InChI is InChI=1S/C21H16N6S/c1-14(2)26-13-18(11-24-26)16-7-20(21-17(9-23)10-25-27(21)12-16)28-19-6-4-3-5-15(19)8-22/h3-7,10-14H,1-2H3. The molecule has 0 bridgehead atoms. The molecule has 0 saturated carbocycles. The van der Waals surface area contributed by atoms with Crippen LogP contribution < -0.4 is 0 Å². The summed E-state index contributed by atoms with van der Waals surface area (Å²) in [5, 5.41) is 27.7. The maximum atomic E-state index is 9.49. The van der Waals surface area contributed by atoms with Crippen molar-refractivity contribution in [2.24, 2.45) is 0 Å². The topological polar surface area (TPSA) is 82.7 Å². The smallest absolute Gasteiger partial charge is 0.103 e. The van der Waals surface area contributed by atoms with E-state index in [1.54, 1.807) is 16.8 Å². The van der Waals surface area contributed by atoms with E-state index in [0.29, 0.717) is 11.1 Å². The third-order valence-electron chi connectivity index (χ3n) is 4.39. The summed E-state index contributed by atoms with van der Waals surface area (Å²) in [4.78, 5) is 1.71. The van der Waals surface area contributed by atoms with E-state index in [1.807, 2.05) is 47.5 Å². The highest BCUT2D eigenvalue weighted by molar-refractivity contribution is 7.99. The number of benzene rings is 1. The summed E-state index contributed by atoms with van der Waals surface area (Å²) in [6, 6.07) is 14.2. The first-order chi connectivity index (χ1) is 13.6. The molecule has 6 nitrogen and oxygen atoms in total. The van der Waals surface area contributed by atoms with Gasteiger partial charge >= 0.3 is 0 Å². The second-order valence-corrected chi connectivity index (χ2v) is 7.65. The van der Waals surface area contributed by atoms with Crippen molar-refractivity contribution in [3.05, 3.63) is 66.2 Å². The summed E-state index contributed by atoms with van der Waals surface area (Å²) in [5.74, 6) is 0. The number of nitrogens with zero attached hydrogens (tertiary/aromatic N) is 6. The van der Waals surface area contributed by atoms with Gasteiger partial charge in [-0.25, -0.2) is 4.52 Å². The SMILES string of the molecule is CC(C)n1cc(-c2cc(Sc3ccccc3C#N)c3c(C#N)cnn3c2)cn1. The summed E-state index contributed by atoms with van der Waals surface area (Å²) < 4.78 is 3.62. The molecule has 3 aromatic heterocycles. The molecule has 0 radical (unpaired) electrons. The molecule has 4 aromatic rings. The summed E-state index contributed by atoms with van der Waals surface area (Å²) >= 11 is 1.46. The number of pyridine rings is 1. The highest BCUT2D eigenvalue weighted by Crippen LogP contribution is 2.37. The molecule has 0 unspecified atom stereocenters. The molecule has 0 atom stereocenters. The molecule has 0 N–H and O–H groups in total. The molecule has 0 aliphatic carbocycles. The highest BCUT2D eigenvalue weighted by Gasteiger charge is 2.15. The molecule has 0 aliphatic rings. The van der Waals surface area contributed by atoms with E-state index in [0.717, 1.165) is 26.4 Å².